The van der Waals surface area contributed by atoms with E-state index in [1.165, 1.54) is 4.68 Å². The molecule has 0 aliphatic carbocycles. The number of rotatable bonds is 2. The lowest BCUT2D eigenvalue weighted by atomic mass is 10.3. The predicted molar refractivity (Wildman–Crippen MR) is 51.1 cm³/mol. The highest BCUT2D eigenvalue weighted by Crippen LogP contribution is 2.10. The summed E-state index contributed by atoms with van der Waals surface area (Å²) in [6, 6.07) is 9.48. The lowest BCUT2D eigenvalue weighted by Crippen LogP contribution is -2.08. The molecule has 0 fully saturated rings. The number of hydrogen-bond donors (Lipinski definition) is 0. The molecule has 0 amide bonds. The molecule has 15 heavy (non-hydrogen) atoms. The summed E-state index contributed by atoms with van der Waals surface area (Å²) in [7, 11) is -3.42. The van der Waals surface area contributed by atoms with Gasteiger partial charge in [0.25, 0.3) is 5.16 Å². The van der Waals surface area contributed by atoms with Crippen LogP contribution in [0.25, 0.3) is 5.69 Å². The van der Waals surface area contributed by atoms with E-state index in [0.717, 1.165) is 6.26 Å². The van der Waals surface area contributed by atoms with Crippen molar-refractivity contribution >= 4 is 9.84 Å². The second-order valence-electron chi connectivity index (χ2n) is 2.90. The highest BCUT2D eigenvalue weighted by Gasteiger charge is 2.17. The Labute approximate surface area is 86.5 Å². The van der Waals surface area contributed by atoms with Gasteiger partial charge in [0.2, 0.25) is 9.84 Å². The van der Waals surface area contributed by atoms with Gasteiger partial charge in [0.05, 0.1) is 5.69 Å². The van der Waals surface area contributed by atoms with Gasteiger partial charge >= 0.3 is 0 Å². The van der Waals surface area contributed by atoms with E-state index in [1.54, 1.807) is 24.3 Å². The summed E-state index contributed by atoms with van der Waals surface area (Å²) in [5, 5.41) is 10.2. The molecule has 0 atom stereocenters. The lowest BCUT2D eigenvalue weighted by Gasteiger charge is -2.01. The first kappa shape index (κ1) is 9.78. The smallest absolute Gasteiger partial charge is 0.221 e. The highest BCUT2D eigenvalue weighted by atomic mass is 32.2. The number of sulfone groups is 1. The van der Waals surface area contributed by atoms with E-state index >= 15 is 0 Å². The quantitative estimate of drug-likeness (QED) is 0.708. The average molecular weight is 223 g/mol. The molecule has 0 unspecified atom stereocenters. The number of aromatic nitrogens is 4. The first-order chi connectivity index (χ1) is 7.09. The zero-order valence-corrected chi connectivity index (χ0v) is 8.64. The van der Waals surface area contributed by atoms with Gasteiger partial charge in [0.1, 0.15) is 0 Å². The molecule has 0 N–H and O–H groups in total. The van der Waals surface area contributed by atoms with Crippen LogP contribution in [0.4, 0.5) is 0 Å². The van der Waals surface area contributed by atoms with Crippen molar-refractivity contribution in [3.63, 3.8) is 0 Å². The topological polar surface area (TPSA) is 77.7 Å². The Kier molecular flexibility index (Phi) is 2.24. The fourth-order valence-corrected chi connectivity index (χ4v) is 1.73. The molecular weight excluding hydrogens is 216 g/mol. The molecule has 77 valence electrons. The van der Waals surface area contributed by atoms with Crippen molar-refractivity contribution in [2.75, 3.05) is 6.26 Å². The van der Waals surface area contributed by atoms with Crippen LogP contribution in [0, 0.1) is 6.07 Å². The minimum atomic E-state index is -3.42. The van der Waals surface area contributed by atoms with E-state index in [9.17, 15) is 8.42 Å². The van der Waals surface area contributed by atoms with Crippen LogP contribution in [0.15, 0.2) is 29.4 Å². The number of nitrogens with zero attached hydrogens (tertiary/aromatic N) is 4. The molecular formula is C8H7N4O2S. The Morgan fingerprint density at radius 2 is 2.00 bits per heavy atom. The summed E-state index contributed by atoms with van der Waals surface area (Å²) in [4.78, 5) is 0. The van der Waals surface area contributed by atoms with Crippen molar-refractivity contribution in [3.8, 4) is 5.69 Å². The van der Waals surface area contributed by atoms with E-state index in [2.05, 4.69) is 21.6 Å². The zero-order valence-electron chi connectivity index (χ0n) is 7.82. The Morgan fingerprint density at radius 3 is 2.60 bits per heavy atom. The molecule has 0 aliphatic heterocycles. The molecule has 2 aromatic rings. The highest BCUT2D eigenvalue weighted by molar-refractivity contribution is 7.90. The van der Waals surface area contributed by atoms with Crippen molar-refractivity contribution in [3.05, 3.63) is 30.3 Å². The van der Waals surface area contributed by atoms with Gasteiger partial charge in [-0.15, -0.1) is 0 Å². The van der Waals surface area contributed by atoms with Gasteiger partial charge in [-0.05, 0) is 28.6 Å². The van der Waals surface area contributed by atoms with E-state index in [-0.39, 0.29) is 5.16 Å². The van der Waals surface area contributed by atoms with E-state index in [1.807, 2.05) is 0 Å². The van der Waals surface area contributed by atoms with Gasteiger partial charge in [-0.3, -0.25) is 0 Å². The summed E-state index contributed by atoms with van der Waals surface area (Å²) in [5.41, 5.74) is 0.583. The summed E-state index contributed by atoms with van der Waals surface area (Å²) < 4.78 is 23.8. The molecule has 1 heterocycles. The predicted octanol–water partition coefficient (Wildman–Crippen LogP) is -0.134. The maximum absolute atomic E-state index is 11.3. The third-order valence-electron chi connectivity index (χ3n) is 1.72. The maximum atomic E-state index is 11.3. The second kappa shape index (κ2) is 3.43. The Hall–Kier alpha value is -1.76. The van der Waals surface area contributed by atoms with Crippen molar-refractivity contribution in [2.24, 2.45) is 0 Å². The molecule has 0 spiro atoms. The Bertz CT molecular complexity index is 561. The van der Waals surface area contributed by atoms with Crippen LogP contribution in [0.2, 0.25) is 0 Å². The summed E-state index contributed by atoms with van der Waals surface area (Å²) in [6.45, 7) is 0. The largest absolute Gasteiger partial charge is 0.272 e. The standard InChI is InChI=1S/C8H7N4O2S/c1-15(13,14)8-9-10-11-12(8)7-5-3-2-4-6-7/h3-6H,1H3. The van der Waals surface area contributed by atoms with Gasteiger partial charge in [-0.2, -0.15) is 4.68 Å². The normalized spacial score (nSPS) is 11.5. The van der Waals surface area contributed by atoms with Crippen LogP contribution in [0.3, 0.4) is 0 Å². The first-order valence-electron chi connectivity index (χ1n) is 4.04. The molecule has 2 rings (SSSR count). The van der Waals surface area contributed by atoms with Crippen LogP contribution >= 0.6 is 0 Å². The maximum Gasteiger partial charge on any atom is 0.272 e. The minimum absolute atomic E-state index is 0.172. The molecule has 0 saturated carbocycles. The number of tetrazole rings is 1. The zero-order chi connectivity index (χ0) is 10.9. The summed E-state index contributed by atoms with van der Waals surface area (Å²) in [6.07, 6.45) is 1.06. The summed E-state index contributed by atoms with van der Waals surface area (Å²) >= 11 is 0. The molecule has 0 aliphatic rings. The molecule has 7 heteroatoms. The monoisotopic (exact) mass is 223 g/mol. The lowest BCUT2D eigenvalue weighted by molar-refractivity contribution is 0.586. The van der Waals surface area contributed by atoms with E-state index in [0.29, 0.717) is 5.69 Å². The Morgan fingerprint density at radius 1 is 1.33 bits per heavy atom. The first-order valence-corrected chi connectivity index (χ1v) is 5.93. The second-order valence-corrected chi connectivity index (χ2v) is 4.81. The van der Waals surface area contributed by atoms with Crippen molar-refractivity contribution in [2.45, 2.75) is 5.16 Å². The fourth-order valence-electron chi connectivity index (χ4n) is 1.09. The molecule has 6 nitrogen and oxygen atoms in total. The van der Waals surface area contributed by atoms with E-state index in [4.69, 9.17) is 0 Å². The summed E-state index contributed by atoms with van der Waals surface area (Å²) in [5.74, 6) is 0. The molecule has 1 radical (unpaired) electrons. The van der Waals surface area contributed by atoms with Crippen LogP contribution in [0.1, 0.15) is 0 Å². The van der Waals surface area contributed by atoms with Crippen LogP contribution in [-0.2, 0) is 9.84 Å². The van der Waals surface area contributed by atoms with Crippen molar-refractivity contribution in [1.29, 1.82) is 0 Å². The molecule has 0 bridgehead atoms. The van der Waals surface area contributed by atoms with Crippen LogP contribution in [-0.4, -0.2) is 34.9 Å². The van der Waals surface area contributed by atoms with Gasteiger partial charge in [0, 0.05) is 6.26 Å². The van der Waals surface area contributed by atoms with Crippen molar-refractivity contribution < 1.29 is 8.42 Å². The molecule has 1 aromatic heterocycles. The third kappa shape index (κ3) is 1.86. The van der Waals surface area contributed by atoms with Crippen molar-refractivity contribution in [1.82, 2.24) is 20.2 Å². The van der Waals surface area contributed by atoms with Crippen LogP contribution < -0.4 is 0 Å². The van der Waals surface area contributed by atoms with Gasteiger partial charge in [0.15, 0.2) is 0 Å². The molecule has 0 saturated heterocycles. The average Bonchev–Trinajstić information content (AvgIpc) is 2.67. The van der Waals surface area contributed by atoms with Gasteiger partial charge < -0.3 is 0 Å². The van der Waals surface area contributed by atoms with Crippen LogP contribution in [0.5, 0.6) is 0 Å². The SMILES string of the molecule is CS(=O)(=O)c1nnnn1-c1cc[c]cc1. The third-order valence-corrected chi connectivity index (χ3v) is 2.64. The minimum Gasteiger partial charge on any atom is -0.221 e. The fraction of sp³-hybridized carbons (Fsp3) is 0.125. The molecule has 1 aromatic carbocycles. The number of hydrogen-bond acceptors (Lipinski definition) is 5. The number of benzene rings is 1. The van der Waals surface area contributed by atoms with E-state index < -0.39 is 9.84 Å². The Balaban J connectivity index is 2.61. The van der Waals surface area contributed by atoms with Gasteiger partial charge in [-0.1, -0.05) is 17.2 Å². The van der Waals surface area contributed by atoms with Gasteiger partial charge in [-0.25, -0.2) is 8.42 Å².